The summed E-state index contributed by atoms with van der Waals surface area (Å²) in [5.41, 5.74) is 3.98. The van der Waals surface area contributed by atoms with Gasteiger partial charge in [-0.05, 0) is 57.6 Å². The summed E-state index contributed by atoms with van der Waals surface area (Å²) in [7, 11) is 0. The van der Waals surface area contributed by atoms with E-state index in [1.807, 2.05) is 12.1 Å². The zero-order valence-corrected chi connectivity index (χ0v) is 13.1. The molecule has 1 unspecified atom stereocenters. The highest BCUT2D eigenvalue weighted by atomic mass is 79.9. The molecule has 1 atom stereocenters. The number of halogens is 1. The molecule has 3 rings (SSSR count). The van der Waals surface area contributed by atoms with Gasteiger partial charge < -0.3 is 10.0 Å². The Morgan fingerprint density at radius 1 is 1.25 bits per heavy atom. The molecule has 0 saturated heterocycles. The maximum absolute atomic E-state index is 9.59. The van der Waals surface area contributed by atoms with Gasteiger partial charge in [0.1, 0.15) is 5.75 Å². The highest BCUT2D eigenvalue weighted by Crippen LogP contribution is 2.31. The fraction of sp³-hybridized carbons (Fsp3) is 0.294. The van der Waals surface area contributed by atoms with Crippen LogP contribution in [0.25, 0.3) is 0 Å². The van der Waals surface area contributed by atoms with Gasteiger partial charge >= 0.3 is 0 Å². The predicted molar refractivity (Wildman–Crippen MR) is 86.2 cm³/mol. The number of hydrogen-bond donors (Lipinski definition) is 1. The summed E-state index contributed by atoms with van der Waals surface area (Å²) in [5.74, 6) is 0.964. The van der Waals surface area contributed by atoms with Crippen LogP contribution < -0.4 is 4.90 Å². The van der Waals surface area contributed by atoms with Crippen LogP contribution in [0.3, 0.4) is 0 Å². The van der Waals surface area contributed by atoms with Crippen molar-refractivity contribution in [3.05, 3.63) is 58.1 Å². The Bertz CT molecular complexity index is 626. The molecule has 104 valence electrons. The number of phenols is 1. The van der Waals surface area contributed by atoms with E-state index < -0.39 is 0 Å². The Kier molecular flexibility index (Phi) is 3.70. The number of phenolic OH excluding ortho intramolecular Hbond substituents is 1. The van der Waals surface area contributed by atoms with E-state index in [0.29, 0.717) is 11.7 Å². The van der Waals surface area contributed by atoms with E-state index in [0.717, 1.165) is 24.0 Å². The van der Waals surface area contributed by atoms with Gasteiger partial charge in [0, 0.05) is 18.8 Å². The second-order valence-corrected chi connectivity index (χ2v) is 6.46. The van der Waals surface area contributed by atoms with E-state index in [2.05, 4.69) is 52.0 Å². The average Bonchev–Trinajstić information content (AvgIpc) is 2.43. The van der Waals surface area contributed by atoms with Crippen molar-refractivity contribution < 1.29 is 5.11 Å². The molecule has 0 fully saturated rings. The topological polar surface area (TPSA) is 23.5 Å². The monoisotopic (exact) mass is 331 g/mol. The first-order valence-electron chi connectivity index (χ1n) is 6.93. The first-order valence-corrected chi connectivity index (χ1v) is 7.73. The summed E-state index contributed by atoms with van der Waals surface area (Å²) >= 11 is 3.39. The minimum absolute atomic E-state index is 0.293. The lowest BCUT2D eigenvalue weighted by molar-refractivity contribution is 0.471. The molecule has 0 amide bonds. The Hall–Kier alpha value is -1.48. The van der Waals surface area contributed by atoms with E-state index in [4.69, 9.17) is 0 Å². The maximum atomic E-state index is 9.59. The second-order valence-electron chi connectivity index (χ2n) is 5.60. The lowest BCUT2D eigenvalue weighted by Crippen LogP contribution is -2.33. The summed E-state index contributed by atoms with van der Waals surface area (Å²) in [5, 5.41) is 9.59. The van der Waals surface area contributed by atoms with Crippen molar-refractivity contribution in [1.82, 2.24) is 0 Å². The first-order chi connectivity index (χ1) is 9.63. The molecular weight excluding hydrogens is 314 g/mol. The van der Waals surface area contributed by atoms with E-state index in [1.165, 1.54) is 16.8 Å². The minimum Gasteiger partial charge on any atom is -0.507 e. The third kappa shape index (κ3) is 2.68. The van der Waals surface area contributed by atoms with Gasteiger partial charge in [0.25, 0.3) is 0 Å². The van der Waals surface area contributed by atoms with Crippen LogP contribution >= 0.6 is 15.9 Å². The van der Waals surface area contributed by atoms with Gasteiger partial charge in [0.2, 0.25) is 0 Å². The SMILES string of the molecule is CC1Cc2ccccc2N(Cc2ccc(O)c(Br)c2)C1. The standard InChI is InChI=1S/C17H18BrNO/c1-12-8-14-4-2-3-5-16(14)19(10-12)11-13-6-7-17(20)15(18)9-13/h2-7,9,12,20H,8,10-11H2,1H3. The zero-order valence-electron chi connectivity index (χ0n) is 11.5. The summed E-state index contributed by atoms with van der Waals surface area (Å²) in [6.45, 7) is 4.26. The van der Waals surface area contributed by atoms with Crippen molar-refractivity contribution in [3.8, 4) is 5.75 Å². The molecule has 1 heterocycles. The van der Waals surface area contributed by atoms with Crippen molar-refractivity contribution >= 4 is 21.6 Å². The van der Waals surface area contributed by atoms with Gasteiger partial charge in [-0.1, -0.05) is 31.2 Å². The van der Waals surface area contributed by atoms with Gasteiger partial charge in [-0.15, -0.1) is 0 Å². The second kappa shape index (κ2) is 5.49. The third-order valence-corrected chi connectivity index (χ3v) is 4.45. The molecule has 0 saturated carbocycles. The predicted octanol–water partition coefficient (Wildman–Crippen LogP) is 4.35. The number of aromatic hydroxyl groups is 1. The Labute approximate surface area is 128 Å². The summed E-state index contributed by atoms with van der Waals surface area (Å²) < 4.78 is 0.758. The molecule has 0 radical (unpaired) electrons. The van der Waals surface area contributed by atoms with Gasteiger partial charge in [-0.25, -0.2) is 0 Å². The third-order valence-electron chi connectivity index (χ3n) is 3.82. The van der Waals surface area contributed by atoms with Crippen molar-refractivity contribution in [3.63, 3.8) is 0 Å². The molecule has 2 nitrogen and oxygen atoms in total. The van der Waals surface area contributed by atoms with Crippen LogP contribution in [0.2, 0.25) is 0 Å². The molecule has 0 spiro atoms. The largest absolute Gasteiger partial charge is 0.507 e. The van der Waals surface area contributed by atoms with Crippen LogP contribution in [0.15, 0.2) is 46.9 Å². The Morgan fingerprint density at radius 2 is 2.05 bits per heavy atom. The van der Waals surface area contributed by atoms with Crippen molar-refractivity contribution in [2.75, 3.05) is 11.4 Å². The van der Waals surface area contributed by atoms with Crippen LogP contribution in [0, 0.1) is 5.92 Å². The summed E-state index contributed by atoms with van der Waals surface area (Å²) in [6.07, 6.45) is 1.16. The number of anilines is 1. The smallest absolute Gasteiger partial charge is 0.129 e. The number of benzene rings is 2. The average molecular weight is 332 g/mol. The Balaban J connectivity index is 1.89. The molecular formula is C17H18BrNO. The number of para-hydroxylation sites is 1. The molecule has 1 aliphatic heterocycles. The number of hydrogen-bond acceptors (Lipinski definition) is 2. The van der Waals surface area contributed by atoms with E-state index in [9.17, 15) is 5.11 Å². The molecule has 1 N–H and O–H groups in total. The normalized spacial score (nSPS) is 17.9. The lowest BCUT2D eigenvalue weighted by atomic mass is 9.93. The van der Waals surface area contributed by atoms with E-state index >= 15 is 0 Å². The van der Waals surface area contributed by atoms with Crippen molar-refractivity contribution in [1.29, 1.82) is 0 Å². The fourth-order valence-corrected chi connectivity index (χ4v) is 3.35. The van der Waals surface area contributed by atoms with E-state index in [-0.39, 0.29) is 0 Å². The molecule has 3 heteroatoms. The lowest BCUT2D eigenvalue weighted by Gasteiger charge is -2.35. The highest BCUT2D eigenvalue weighted by molar-refractivity contribution is 9.10. The van der Waals surface area contributed by atoms with E-state index in [1.54, 1.807) is 6.07 Å². The van der Waals surface area contributed by atoms with Gasteiger partial charge in [-0.2, -0.15) is 0 Å². The van der Waals surface area contributed by atoms with Gasteiger partial charge in [-0.3, -0.25) is 0 Å². The quantitative estimate of drug-likeness (QED) is 0.884. The van der Waals surface area contributed by atoms with Crippen LogP contribution in [-0.4, -0.2) is 11.7 Å². The molecule has 20 heavy (non-hydrogen) atoms. The maximum Gasteiger partial charge on any atom is 0.129 e. The van der Waals surface area contributed by atoms with Crippen LogP contribution in [0.1, 0.15) is 18.1 Å². The molecule has 0 bridgehead atoms. The zero-order chi connectivity index (χ0) is 14.1. The van der Waals surface area contributed by atoms with Crippen LogP contribution in [0.4, 0.5) is 5.69 Å². The van der Waals surface area contributed by atoms with Gasteiger partial charge in [0.05, 0.1) is 4.47 Å². The minimum atomic E-state index is 0.293. The molecule has 2 aromatic carbocycles. The van der Waals surface area contributed by atoms with Gasteiger partial charge in [0.15, 0.2) is 0 Å². The number of rotatable bonds is 2. The first kappa shape index (κ1) is 13.5. The molecule has 0 aromatic heterocycles. The van der Waals surface area contributed by atoms with Crippen LogP contribution in [-0.2, 0) is 13.0 Å². The molecule has 2 aromatic rings. The van der Waals surface area contributed by atoms with Crippen molar-refractivity contribution in [2.24, 2.45) is 5.92 Å². The molecule has 1 aliphatic rings. The van der Waals surface area contributed by atoms with Crippen LogP contribution in [0.5, 0.6) is 5.75 Å². The van der Waals surface area contributed by atoms with Crippen molar-refractivity contribution in [2.45, 2.75) is 19.9 Å². The highest BCUT2D eigenvalue weighted by Gasteiger charge is 2.21. The summed E-state index contributed by atoms with van der Waals surface area (Å²) in [6, 6.07) is 14.4. The fourth-order valence-electron chi connectivity index (χ4n) is 2.93. The number of nitrogens with zero attached hydrogens (tertiary/aromatic N) is 1. The summed E-state index contributed by atoms with van der Waals surface area (Å²) in [4.78, 5) is 2.43. The Morgan fingerprint density at radius 3 is 2.85 bits per heavy atom. The molecule has 0 aliphatic carbocycles. The number of fused-ring (bicyclic) bond motifs is 1.